The Kier molecular flexibility index (Phi) is 4.48. The highest BCUT2D eigenvalue weighted by Crippen LogP contribution is 2.41. The summed E-state index contributed by atoms with van der Waals surface area (Å²) in [4.78, 5) is 2.26. The molecule has 1 fully saturated rings. The number of hydrogen-bond donors (Lipinski definition) is 0. The van der Waals surface area contributed by atoms with Crippen molar-refractivity contribution in [2.24, 2.45) is 0 Å². The Balaban J connectivity index is 1.45. The summed E-state index contributed by atoms with van der Waals surface area (Å²) in [7, 11) is 2.11. The highest BCUT2D eigenvalue weighted by molar-refractivity contribution is 6.30. The average molecular weight is 398 g/mol. The molecule has 1 aliphatic carbocycles. The second-order valence-corrected chi connectivity index (χ2v) is 8.60. The van der Waals surface area contributed by atoms with Gasteiger partial charge >= 0.3 is 0 Å². The summed E-state index contributed by atoms with van der Waals surface area (Å²) in [5.74, 6) is 3.88. The lowest BCUT2D eigenvalue weighted by Gasteiger charge is -2.27. The monoisotopic (exact) mass is 397 g/mol. The normalized spacial score (nSPS) is 22.5. The second kappa shape index (κ2) is 7.01. The van der Waals surface area contributed by atoms with Crippen molar-refractivity contribution in [3.63, 3.8) is 0 Å². The molecule has 0 unspecified atom stereocenters. The van der Waals surface area contributed by atoms with Gasteiger partial charge in [0.2, 0.25) is 0 Å². The standard InChI is InChI=1S/C21H24ClN5O/c1-13-9-18(25-28-13)14-3-5-15(6-4-14)21-24-23-20-12-26(2)11-16-10-17(22)7-8-19(16)27(20)21/h7-10,14-15H,3-6,11-12H2,1-2H3/t14-,15-. The number of halogens is 1. The summed E-state index contributed by atoms with van der Waals surface area (Å²) in [5.41, 5.74) is 3.48. The molecule has 1 aliphatic heterocycles. The first kappa shape index (κ1) is 17.9. The summed E-state index contributed by atoms with van der Waals surface area (Å²) in [6, 6.07) is 8.21. The molecule has 0 amide bonds. The van der Waals surface area contributed by atoms with E-state index < -0.39 is 0 Å². The fourth-order valence-corrected chi connectivity index (χ4v) is 4.87. The van der Waals surface area contributed by atoms with E-state index in [1.54, 1.807) is 0 Å². The number of fused-ring (bicyclic) bond motifs is 3. The van der Waals surface area contributed by atoms with Gasteiger partial charge in [0.25, 0.3) is 0 Å². The molecule has 0 N–H and O–H groups in total. The number of aryl methyl sites for hydroxylation is 1. The first-order valence-electron chi connectivity index (χ1n) is 9.93. The maximum absolute atomic E-state index is 6.27. The Morgan fingerprint density at radius 2 is 1.82 bits per heavy atom. The van der Waals surface area contributed by atoms with Gasteiger partial charge in [-0.15, -0.1) is 10.2 Å². The van der Waals surface area contributed by atoms with E-state index in [0.717, 1.165) is 72.6 Å². The third-order valence-electron chi connectivity index (χ3n) is 6.05. The predicted molar refractivity (Wildman–Crippen MR) is 107 cm³/mol. The van der Waals surface area contributed by atoms with Crippen LogP contribution in [-0.4, -0.2) is 31.9 Å². The molecule has 3 aromatic rings. The zero-order valence-electron chi connectivity index (χ0n) is 16.2. The van der Waals surface area contributed by atoms with E-state index >= 15 is 0 Å². The van der Waals surface area contributed by atoms with Gasteiger partial charge in [-0.1, -0.05) is 16.8 Å². The lowest BCUT2D eigenvalue weighted by Crippen LogP contribution is -2.17. The molecule has 2 aliphatic rings. The quantitative estimate of drug-likeness (QED) is 0.632. The maximum atomic E-state index is 6.27. The third-order valence-corrected chi connectivity index (χ3v) is 6.28. The highest BCUT2D eigenvalue weighted by Gasteiger charge is 2.31. The molecular formula is C21H24ClN5O. The molecule has 0 atom stereocenters. The van der Waals surface area contributed by atoms with Gasteiger partial charge in [-0.05, 0) is 63.4 Å². The van der Waals surface area contributed by atoms with Crippen LogP contribution in [0.3, 0.4) is 0 Å². The van der Waals surface area contributed by atoms with Gasteiger partial charge < -0.3 is 4.52 Å². The van der Waals surface area contributed by atoms with Crippen molar-refractivity contribution in [1.29, 1.82) is 0 Å². The maximum Gasteiger partial charge on any atom is 0.151 e. The van der Waals surface area contributed by atoms with Crippen LogP contribution < -0.4 is 0 Å². The Morgan fingerprint density at radius 3 is 2.57 bits per heavy atom. The van der Waals surface area contributed by atoms with Gasteiger partial charge in [0.05, 0.1) is 17.9 Å². The summed E-state index contributed by atoms with van der Waals surface area (Å²) in [5, 5.41) is 14.2. The molecule has 1 saturated carbocycles. The van der Waals surface area contributed by atoms with E-state index in [0.29, 0.717) is 11.8 Å². The zero-order chi connectivity index (χ0) is 19.3. The van der Waals surface area contributed by atoms with Crippen molar-refractivity contribution in [3.8, 4) is 5.69 Å². The minimum atomic E-state index is 0.414. The molecule has 3 heterocycles. The van der Waals surface area contributed by atoms with Gasteiger partial charge in [0.1, 0.15) is 11.6 Å². The van der Waals surface area contributed by atoms with Gasteiger partial charge in [-0.2, -0.15) is 0 Å². The largest absolute Gasteiger partial charge is 0.361 e. The van der Waals surface area contributed by atoms with E-state index in [1.165, 1.54) is 5.56 Å². The SMILES string of the molecule is Cc1cc([C@H]2CC[C@H](c3nnc4n3-c3ccc(Cl)cc3CN(C)C4)CC2)no1. The van der Waals surface area contributed by atoms with E-state index in [2.05, 4.69) is 50.1 Å². The lowest BCUT2D eigenvalue weighted by atomic mass is 9.80. The fourth-order valence-electron chi connectivity index (χ4n) is 4.67. The molecule has 0 spiro atoms. The van der Waals surface area contributed by atoms with Crippen LogP contribution in [0, 0.1) is 6.92 Å². The van der Waals surface area contributed by atoms with E-state index in [-0.39, 0.29) is 0 Å². The van der Waals surface area contributed by atoms with Gasteiger partial charge in [0.15, 0.2) is 5.82 Å². The first-order valence-corrected chi connectivity index (χ1v) is 10.3. The molecule has 6 nitrogen and oxygen atoms in total. The van der Waals surface area contributed by atoms with Crippen molar-refractivity contribution in [3.05, 3.63) is 58.0 Å². The number of aromatic nitrogens is 4. The van der Waals surface area contributed by atoms with Crippen LogP contribution in [0.5, 0.6) is 0 Å². The Morgan fingerprint density at radius 1 is 1.04 bits per heavy atom. The van der Waals surface area contributed by atoms with Crippen molar-refractivity contribution >= 4 is 11.6 Å². The van der Waals surface area contributed by atoms with Crippen LogP contribution in [0.15, 0.2) is 28.8 Å². The summed E-state index contributed by atoms with van der Waals surface area (Å²) < 4.78 is 7.55. The topological polar surface area (TPSA) is 60.0 Å². The molecule has 2 aromatic heterocycles. The van der Waals surface area contributed by atoms with Crippen molar-refractivity contribution in [1.82, 2.24) is 24.8 Å². The lowest BCUT2D eigenvalue weighted by molar-refractivity contribution is 0.315. The van der Waals surface area contributed by atoms with E-state index in [4.69, 9.17) is 16.1 Å². The van der Waals surface area contributed by atoms with E-state index in [9.17, 15) is 0 Å². The average Bonchev–Trinajstić information content (AvgIpc) is 3.25. The molecular weight excluding hydrogens is 374 g/mol. The van der Waals surface area contributed by atoms with Crippen LogP contribution in [0.4, 0.5) is 0 Å². The Labute approximate surface area is 169 Å². The Hall–Kier alpha value is -2.18. The van der Waals surface area contributed by atoms with Gasteiger partial charge in [0, 0.05) is 29.5 Å². The van der Waals surface area contributed by atoms with Gasteiger partial charge in [-0.3, -0.25) is 9.47 Å². The molecule has 5 rings (SSSR count). The van der Waals surface area contributed by atoms with E-state index in [1.807, 2.05) is 13.0 Å². The third kappa shape index (κ3) is 3.14. The molecule has 7 heteroatoms. The highest BCUT2D eigenvalue weighted by atomic mass is 35.5. The number of hydrogen-bond acceptors (Lipinski definition) is 5. The smallest absolute Gasteiger partial charge is 0.151 e. The van der Waals surface area contributed by atoms with Crippen molar-refractivity contribution < 1.29 is 4.52 Å². The zero-order valence-corrected chi connectivity index (χ0v) is 17.0. The molecule has 28 heavy (non-hydrogen) atoms. The molecule has 0 radical (unpaired) electrons. The van der Waals surface area contributed by atoms with Crippen LogP contribution in [0.2, 0.25) is 5.02 Å². The number of nitrogens with zero attached hydrogens (tertiary/aromatic N) is 5. The Bertz CT molecular complexity index is 1000. The van der Waals surface area contributed by atoms with Gasteiger partial charge in [-0.25, -0.2) is 0 Å². The number of benzene rings is 1. The minimum Gasteiger partial charge on any atom is -0.361 e. The van der Waals surface area contributed by atoms with Crippen molar-refractivity contribution in [2.75, 3.05) is 7.05 Å². The minimum absolute atomic E-state index is 0.414. The summed E-state index contributed by atoms with van der Waals surface area (Å²) in [6.45, 7) is 3.60. The van der Waals surface area contributed by atoms with Crippen molar-refractivity contribution in [2.45, 2.75) is 57.5 Å². The summed E-state index contributed by atoms with van der Waals surface area (Å²) in [6.07, 6.45) is 4.39. The van der Waals surface area contributed by atoms with Crippen LogP contribution >= 0.6 is 11.6 Å². The summed E-state index contributed by atoms with van der Waals surface area (Å²) >= 11 is 6.27. The molecule has 0 bridgehead atoms. The van der Waals surface area contributed by atoms with Crippen LogP contribution in [-0.2, 0) is 13.1 Å². The molecule has 1 aromatic carbocycles. The molecule has 0 saturated heterocycles. The van der Waals surface area contributed by atoms with Crippen LogP contribution in [0.25, 0.3) is 5.69 Å². The first-order chi connectivity index (χ1) is 13.6. The molecule has 146 valence electrons. The second-order valence-electron chi connectivity index (χ2n) is 8.17. The fraction of sp³-hybridized carbons (Fsp3) is 0.476. The van der Waals surface area contributed by atoms with Crippen LogP contribution in [0.1, 0.15) is 66.2 Å². The predicted octanol–water partition coefficient (Wildman–Crippen LogP) is 4.60. The number of rotatable bonds is 2.